The van der Waals surface area contributed by atoms with E-state index in [1.54, 1.807) is 11.8 Å². The maximum absolute atomic E-state index is 12.2. The normalized spacial score (nSPS) is 14.0. The van der Waals surface area contributed by atoms with Gasteiger partial charge in [-0.1, -0.05) is 15.9 Å². The van der Waals surface area contributed by atoms with Crippen molar-refractivity contribution in [3.63, 3.8) is 0 Å². The predicted molar refractivity (Wildman–Crippen MR) is 89.3 cm³/mol. The number of hydrogen-bond donors (Lipinski definition) is 0. The van der Waals surface area contributed by atoms with Crippen LogP contribution in [0.15, 0.2) is 57.9 Å². The Labute approximate surface area is 137 Å². The van der Waals surface area contributed by atoms with E-state index in [2.05, 4.69) is 15.9 Å². The average Bonchev–Trinajstić information content (AvgIpc) is 3.31. The minimum Gasteiger partial charge on any atom is -0.490 e. The van der Waals surface area contributed by atoms with Crippen LogP contribution < -0.4 is 4.74 Å². The van der Waals surface area contributed by atoms with E-state index in [1.165, 1.54) is 0 Å². The standard InChI is InChI=1S/C17H15BrO2S/c18-13-3-9-16(10-4-13)21-11-17(19)12-1-5-14(6-2-12)20-15-7-8-15/h1-6,9-10,15H,7-8,11H2. The molecule has 0 aliphatic heterocycles. The maximum Gasteiger partial charge on any atom is 0.173 e. The molecule has 21 heavy (non-hydrogen) atoms. The number of ketones is 1. The van der Waals surface area contributed by atoms with Gasteiger partial charge < -0.3 is 4.74 Å². The van der Waals surface area contributed by atoms with Gasteiger partial charge in [0, 0.05) is 14.9 Å². The molecule has 0 N–H and O–H groups in total. The zero-order valence-corrected chi connectivity index (χ0v) is 13.8. The molecule has 3 rings (SSSR count). The Balaban J connectivity index is 1.55. The first-order valence-electron chi connectivity index (χ1n) is 6.89. The van der Waals surface area contributed by atoms with Crippen molar-refractivity contribution in [2.45, 2.75) is 23.8 Å². The molecule has 0 atom stereocenters. The van der Waals surface area contributed by atoms with Crippen molar-refractivity contribution < 1.29 is 9.53 Å². The molecule has 0 bridgehead atoms. The topological polar surface area (TPSA) is 26.3 Å². The Bertz CT molecular complexity index is 618. The van der Waals surface area contributed by atoms with Gasteiger partial charge in [0.2, 0.25) is 0 Å². The third-order valence-electron chi connectivity index (χ3n) is 3.19. The van der Waals surface area contributed by atoms with Crippen molar-refractivity contribution in [3.05, 3.63) is 58.6 Å². The van der Waals surface area contributed by atoms with Gasteiger partial charge in [-0.25, -0.2) is 0 Å². The number of hydrogen-bond acceptors (Lipinski definition) is 3. The number of carbonyl (C=O) groups excluding carboxylic acids is 1. The van der Waals surface area contributed by atoms with Gasteiger partial charge in [0.15, 0.2) is 5.78 Å². The summed E-state index contributed by atoms with van der Waals surface area (Å²) in [6.45, 7) is 0. The monoisotopic (exact) mass is 362 g/mol. The van der Waals surface area contributed by atoms with E-state index in [0.717, 1.165) is 33.5 Å². The first-order chi connectivity index (χ1) is 10.2. The molecule has 108 valence electrons. The minimum absolute atomic E-state index is 0.140. The van der Waals surface area contributed by atoms with Gasteiger partial charge in [0.05, 0.1) is 11.9 Å². The molecule has 2 nitrogen and oxygen atoms in total. The molecule has 0 aromatic heterocycles. The van der Waals surface area contributed by atoms with Crippen molar-refractivity contribution in [1.82, 2.24) is 0 Å². The summed E-state index contributed by atoms with van der Waals surface area (Å²) in [5, 5.41) is 0. The summed E-state index contributed by atoms with van der Waals surface area (Å²) in [7, 11) is 0. The fourth-order valence-electron chi connectivity index (χ4n) is 1.86. The van der Waals surface area contributed by atoms with E-state index < -0.39 is 0 Å². The number of benzene rings is 2. The quantitative estimate of drug-likeness (QED) is 0.536. The minimum atomic E-state index is 0.140. The van der Waals surface area contributed by atoms with Crippen LogP contribution in [0.3, 0.4) is 0 Å². The largest absolute Gasteiger partial charge is 0.490 e. The summed E-state index contributed by atoms with van der Waals surface area (Å²) in [5.74, 6) is 1.44. The highest BCUT2D eigenvalue weighted by atomic mass is 79.9. The van der Waals surface area contributed by atoms with Crippen LogP contribution in [-0.4, -0.2) is 17.6 Å². The molecule has 2 aromatic rings. The number of halogens is 1. The lowest BCUT2D eigenvalue weighted by molar-refractivity contribution is 0.102. The predicted octanol–water partition coefficient (Wildman–Crippen LogP) is 4.97. The average molecular weight is 363 g/mol. The first-order valence-corrected chi connectivity index (χ1v) is 8.67. The molecule has 0 amide bonds. The van der Waals surface area contributed by atoms with E-state index in [1.807, 2.05) is 48.5 Å². The van der Waals surface area contributed by atoms with Crippen LogP contribution in [0.1, 0.15) is 23.2 Å². The van der Waals surface area contributed by atoms with E-state index in [4.69, 9.17) is 4.74 Å². The zero-order chi connectivity index (χ0) is 14.7. The van der Waals surface area contributed by atoms with E-state index in [-0.39, 0.29) is 5.78 Å². The Hall–Kier alpha value is -1.26. The van der Waals surface area contributed by atoms with Crippen LogP contribution in [-0.2, 0) is 0 Å². The SMILES string of the molecule is O=C(CSc1ccc(Br)cc1)c1ccc(OC2CC2)cc1. The number of rotatable bonds is 6. The smallest absolute Gasteiger partial charge is 0.173 e. The molecule has 0 heterocycles. The zero-order valence-electron chi connectivity index (χ0n) is 11.4. The fourth-order valence-corrected chi connectivity index (χ4v) is 2.92. The Morgan fingerprint density at radius 1 is 1.10 bits per heavy atom. The van der Waals surface area contributed by atoms with Crippen molar-refractivity contribution in [2.75, 3.05) is 5.75 Å². The van der Waals surface area contributed by atoms with Crippen LogP contribution in [0.2, 0.25) is 0 Å². The highest BCUT2D eigenvalue weighted by Crippen LogP contribution is 2.27. The van der Waals surface area contributed by atoms with Crippen LogP contribution in [0.25, 0.3) is 0 Å². The summed E-state index contributed by atoms with van der Waals surface area (Å²) in [6.07, 6.45) is 2.68. The second kappa shape index (κ2) is 6.67. The third kappa shape index (κ3) is 4.35. The highest BCUT2D eigenvalue weighted by Gasteiger charge is 2.23. The highest BCUT2D eigenvalue weighted by molar-refractivity contribution is 9.10. The lowest BCUT2D eigenvalue weighted by Gasteiger charge is -2.05. The molecule has 1 saturated carbocycles. The van der Waals surface area contributed by atoms with Gasteiger partial charge >= 0.3 is 0 Å². The molecule has 0 radical (unpaired) electrons. The molecular weight excluding hydrogens is 348 g/mol. The van der Waals surface area contributed by atoms with E-state index in [9.17, 15) is 4.79 Å². The van der Waals surface area contributed by atoms with Crippen LogP contribution in [0.4, 0.5) is 0 Å². The number of Topliss-reactive ketones (excluding diaryl/α,β-unsaturated/α-hetero) is 1. The van der Waals surface area contributed by atoms with Gasteiger partial charge in [-0.3, -0.25) is 4.79 Å². The summed E-state index contributed by atoms with van der Waals surface area (Å²) >= 11 is 4.96. The van der Waals surface area contributed by atoms with Gasteiger partial charge in [-0.15, -0.1) is 11.8 Å². The molecular formula is C17H15BrO2S. The molecule has 2 aromatic carbocycles. The fraction of sp³-hybridized carbons (Fsp3) is 0.235. The molecule has 4 heteroatoms. The van der Waals surface area contributed by atoms with Crippen LogP contribution >= 0.6 is 27.7 Å². The Morgan fingerprint density at radius 3 is 2.38 bits per heavy atom. The van der Waals surface area contributed by atoms with Crippen molar-refractivity contribution >= 4 is 33.5 Å². The van der Waals surface area contributed by atoms with Crippen LogP contribution in [0, 0.1) is 0 Å². The molecule has 1 aliphatic rings. The number of thioether (sulfide) groups is 1. The summed E-state index contributed by atoms with van der Waals surface area (Å²) in [4.78, 5) is 13.3. The summed E-state index contributed by atoms with van der Waals surface area (Å²) in [5.41, 5.74) is 0.739. The lowest BCUT2D eigenvalue weighted by Crippen LogP contribution is -2.02. The van der Waals surface area contributed by atoms with E-state index >= 15 is 0 Å². The summed E-state index contributed by atoms with van der Waals surface area (Å²) in [6, 6.07) is 15.5. The van der Waals surface area contributed by atoms with Crippen molar-refractivity contribution in [1.29, 1.82) is 0 Å². The Kier molecular flexibility index (Phi) is 4.66. The molecule has 1 aliphatic carbocycles. The molecule has 0 spiro atoms. The third-order valence-corrected chi connectivity index (χ3v) is 4.73. The van der Waals surface area contributed by atoms with Crippen molar-refractivity contribution in [3.8, 4) is 5.75 Å². The number of carbonyl (C=O) groups is 1. The summed E-state index contributed by atoms with van der Waals surface area (Å²) < 4.78 is 6.73. The lowest BCUT2D eigenvalue weighted by atomic mass is 10.1. The first kappa shape index (κ1) is 14.7. The second-order valence-corrected chi connectivity index (χ2v) is 6.97. The van der Waals surface area contributed by atoms with Gasteiger partial charge in [0.1, 0.15) is 5.75 Å². The van der Waals surface area contributed by atoms with Gasteiger partial charge in [-0.05, 0) is 61.4 Å². The maximum atomic E-state index is 12.2. The van der Waals surface area contributed by atoms with Gasteiger partial charge in [-0.2, -0.15) is 0 Å². The Morgan fingerprint density at radius 2 is 1.76 bits per heavy atom. The van der Waals surface area contributed by atoms with E-state index in [0.29, 0.717) is 11.9 Å². The molecule has 0 unspecified atom stereocenters. The van der Waals surface area contributed by atoms with Crippen LogP contribution in [0.5, 0.6) is 5.75 Å². The van der Waals surface area contributed by atoms with Gasteiger partial charge in [0.25, 0.3) is 0 Å². The molecule has 1 fully saturated rings. The number of ether oxygens (including phenoxy) is 1. The van der Waals surface area contributed by atoms with Crippen molar-refractivity contribution in [2.24, 2.45) is 0 Å². The second-order valence-electron chi connectivity index (χ2n) is 5.01. The molecule has 0 saturated heterocycles.